The molecule has 0 aliphatic carbocycles. The number of thioether (sulfide) groups is 1. The lowest BCUT2D eigenvalue weighted by Crippen LogP contribution is -2.36. The summed E-state index contributed by atoms with van der Waals surface area (Å²) in [7, 11) is 0. The summed E-state index contributed by atoms with van der Waals surface area (Å²) >= 11 is 1.56. The fraction of sp³-hybridized carbons (Fsp3) is 0.360. The molecular weight excluding hydrogens is 436 g/mol. The van der Waals surface area contributed by atoms with E-state index in [1.807, 2.05) is 62.4 Å². The van der Waals surface area contributed by atoms with Crippen LogP contribution >= 0.6 is 11.8 Å². The highest BCUT2D eigenvalue weighted by molar-refractivity contribution is 7.99. The molecule has 1 aliphatic rings. The first-order valence-corrected chi connectivity index (χ1v) is 12.2. The second-order valence-electron chi connectivity index (χ2n) is 8.06. The van der Waals surface area contributed by atoms with E-state index in [1.54, 1.807) is 16.7 Å². The van der Waals surface area contributed by atoms with Crippen molar-refractivity contribution in [2.24, 2.45) is 0 Å². The zero-order chi connectivity index (χ0) is 23.4. The topological polar surface area (TPSA) is 77.4 Å². The molecule has 3 aromatic rings. The number of amides is 1. The van der Waals surface area contributed by atoms with E-state index in [-0.39, 0.29) is 12.0 Å². The Bertz CT molecular complexity index is 1120. The minimum atomic E-state index is -0.705. The average Bonchev–Trinajstić information content (AvgIpc) is 2.94. The Morgan fingerprint density at radius 3 is 2.61 bits per heavy atom. The van der Waals surface area contributed by atoms with E-state index < -0.39 is 6.23 Å². The van der Waals surface area contributed by atoms with Crippen molar-refractivity contribution in [3.63, 3.8) is 0 Å². The maximum Gasteiger partial charge on any atom is 0.247 e. The van der Waals surface area contributed by atoms with Crippen LogP contribution in [0, 0.1) is 0 Å². The molecule has 1 amide bonds. The van der Waals surface area contributed by atoms with E-state index >= 15 is 0 Å². The number of hydrogen-bond acceptors (Lipinski definition) is 7. The third-order valence-corrected chi connectivity index (χ3v) is 6.04. The molecule has 0 saturated heterocycles. The van der Waals surface area contributed by atoms with Crippen molar-refractivity contribution in [3.8, 4) is 22.9 Å². The molecule has 0 radical (unpaired) electrons. The number of para-hydroxylation sites is 1. The van der Waals surface area contributed by atoms with Gasteiger partial charge >= 0.3 is 0 Å². The molecule has 8 heteroatoms. The molecule has 0 unspecified atom stereocenters. The number of ether oxygens (including phenoxy) is 2. The van der Waals surface area contributed by atoms with Gasteiger partial charge in [-0.1, -0.05) is 43.3 Å². The van der Waals surface area contributed by atoms with Crippen LogP contribution < -0.4 is 14.4 Å². The van der Waals surface area contributed by atoms with Gasteiger partial charge in [-0.2, -0.15) is 4.98 Å². The van der Waals surface area contributed by atoms with Crippen molar-refractivity contribution < 1.29 is 14.3 Å². The molecule has 2 heterocycles. The van der Waals surface area contributed by atoms with Crippen molar-refractivity contribution in [3.05, 3.63) is 54.1 Å². The van der Waals surface area contributed by atoms with Gasteiger partial charge in [0, 0.05) is 23.8 Å². The lowest BCUT2D eigenvalue weighted by atomic mass is 10.1. The molecule has 4 rings (SSSR count). The standard InChI is InChI=1S/C25H28N4O3S/c1-5-6-15-33-25-26-23-22(27-28-25)20-9-7-8-10-21(20)29(17(4)30)24(32-23)18-11-13-19(14-12-18)31-16(2)3/h7-14,16,24H,5-6,15H2,1-4H3/t24-/m0/s1. The molecule has 0 bridgehead atoms. The van der Waals surface area contributed by atoms with Gasteiger partial charge in [-0.05, 0) is 50.6 Å². The van der Waals surface area contributed by atoms with E-state index in [1.165, 1.54) is 6.92 Å². The summed E-state index contributed by atoms with van der Waals surface area (Å²) in [6, 6.07) is 15.2. The summed E-state index contributed by atoms with van der Waals surface area (Å²) in [5.74, 6) is 1.89. The average molecular weight is 465 g/mol. The van der Waals surface area contributed by atoms with Crippen LogP contribution in [-0.4, -0.2) is 32.9 Å². The third-order valence-electron chi connectivity index (χ3n) is 5.12. The van der Waals surface area contributed by atoms with Crippen molar-refractivity contribution in [2.75, 3.05) is 10.7 Å². The Kier molecular flexibility index (Phi) is 7.13. The maximum atomic E-state index is 12.9. The van der Waals surface area contributed by atoms with Gasteiger partial charge in [-0.3, -0.25) is 9.69 Å². The molecule has 0 saturated carbocycles. The van der Waals surface area contributed by atoms with Crippen LogP contribution in [0.1, 0.15) is 52.3 Å². The number of nitrogens with zero attached hydrogens (tertiary/aromatic N) is 4. The fourth-order valence-electron chi connectivity index (χ4n) is 3.62. The first kappa shape index (κ1) is 23.0. The SMILES string of the molecule is CCCCSc1nnc2c(n1)O[C@@H](c1ccc(OC(C)C)cc1)N(C(C)=O)c1ccccc1-2. The van der Waals surface area contributed by atoms with Gasteiger partial charge < -0.3 is 9.47 Å². The molecule has 1 aromatic heterocycles. The van der Waals surface area contributed by atoms with Crippen molar-refractivity contribution in [2.45, 2.75) is 58.0 Å². The fourth-order valence-corrected chi connectivity index (χ4v) is 4.48. The second kappa shape index (κ2) is 10.2. The van der Waals surface area contributed by atoms with Crippen LogP contribution in [0.15, 0.2) is 53.7 Å². The summed E-state index contributed by atoms with van der Waals surface area (Å²) in [6.45, 7) is 7.65. The number of anilines is 1. The van der Waals surface area contributed by atoms with Crippen LogP contribution in [0.2, 0.25) is 0 Å². The zero-order valence-corrected chi connectivity index (χ0v) is 20.1. The summed E-state index contributed by atoms with van der Waals surface area (Å²) in [5.41, 5.74) is 2.80. The lowest BCUT2D eigenvalue weighted by Gasteiger charge is -2.30. The molecule has 0 N–H and O–H groups in total. The Balaban J connectivity index is 1.79. The first-order chi connectivity index (χ1) is 16.0. The number of fused-ring (bicyclic) bond motifs is 3. The minimum absolute atomic E-state index is 0.0730. The molecule has 172 valence electrons. The maximum absolute atomic E-state index is 12.9. The molecule has 7 nitrogen and oxygen atoms in total. The van der Waals surface area contributed by atoms with Crippen molar-refractivity contribution in [1.82, 2.24) is 15.2 Å². The number of carbonyl (C=O) groups excluding carboxylic acids is 1. The quantitative estimate of drug-likeness (QED) is 0.330. The Morgan fingerprint density at radius 1 is 1.15 bits per heavy atom. The molecule has 1 atom stereocenters. The van der Waals surface area contributed by atoms with Gasteiger partial charge in [-0.25, -0.2) is 0 Å². The van der Waals surface area contributed by atoms with Gasteiger partial charge in [0.15, 0.2) is 5.69 Å². The highest BCUT2D eigenvalue weighted by atomic mass is 32.2. The monoisotopic (exact) mass is 464 g/mol. The van der Waals surface area contributed by atoms with E-state index in [0.717, 1.165) is 35.5 Å². The molecule has 33 heavy (non-hydrogen) atoms. The number of benzene rings is 2. The van der Waals surface area contributed by atoms with Crippen LogP contribution in [0.5, 0.6) is 11.6 Å². The van der Waals surface area contributed by atoms with Gasteiger partial charge in [0.2, 0.25) is 23.2 Å². The zero-order valence-electron chi connectivity index (χ0n) is 19.3. The van der Waals surface area contributed by atoms with Gasteiger partial charge in [0.25, 0.3) is 0 Å². The number of carbonyl (C=O) groups is 1. The highest BCUT2D eigenvalue weighted by Gasteiger charge is 2.34. The summed E-state index contributed by atoms with van der Waals surface area (Å²) < 4.78 is 12.2. The molecule has 0 fully saturated rings. The lowest BCUT2D eigenvalue weighted by molar-refractivity contribution is -0.118. The first-order valence-electron chi connectivity index (χ1n) is 11.2. The van der Waals surface area contributed by atoms with Crippen molar-refractivity contribution in [1.29, 1.82) is 0 Å². The minimum Gasteiger partial charge on any atom is -0.491 e. The largest absolute Gasteiger partial charge is 0.491 e. The van der Waals surface area contributed by atoms with E-state index in [4.69, 9.17) is 9.47 Å². The van der Waals surface area contributed by atoms with Crippen LogP contribution in [0.3, 0.4) is 0 Å². The normalized spacial score (nSPS) is 14.8. The second-order valence-corrected chi connectivity index (χ2v) is 9.12. The highest BCUT2D eigenvalue weighted by Crippen LogP contribution is 2.43. The van der Waals surface area contributed by atoms with E-state index in [2.05, 4.69) is 22.1 Å². The van der Waals surface area contributed by atoms with Gasteiger partial charge in [0.05, 0.1) is 11.8 Å². The Morgan fingerprint density at radius 2 is 1.91 bits per heavy atom. The molecule has 1 aliphatic heterocycles. The summed E-state index contributed by atoms with van der Waals surface area (Å²) in [6.07, 6.45) is 1.54. The van der Waals surface area contributed by atoms with Crippen LogP contribution in [0.25, 0.3) is 11.3 Å². The van der Waals surface area contributed by atoms with Gasteiger partial charge in [0.1, 0.15) is 5.75 Å². The van der Waals surface area contributed by atoms with Crippen LogP contribution in [0.4, 0.5) is 5.69 Å². The van der Waals surface area contributed by atoms with Crippen molar-refractivity contribution >= 4 is 23.4 Å². The molecule has 0 spiro atoms. The van der Waals surface area contributed by atoms with Gasteiger partial charge in [-0.15, -0.1) is 10.2 Å². The third kappa shape index (κ3) is 5.11. The van der Waals surface area contributed by atoms with E-state index in [0.29, 0.717) is 22.4 Å². The summed E-state index contributed by atoms with van der Waals surface area (Å²) in [4.78, 5) is 19.2. The molecular formula is C25H28N4O3S. The number of hydrogen-bond donors (Lipinski definition) is 0. The Labute approximate surface area is 198 Å². The smallest absolute Gasteiger partial charge is 0.247 e. The predicted molar refractivity (Wildman–Crippen MR) is 130 cm³/mol. The molecule has 2 aromatic carbocycles. The predicted octanol–water partition coefficient (Wildman–Crippen LogP) is 5.66. The Hall–Kier alpha value is -3.13. The number of unbranched alkanes of at least 4 members (excludes halogenated alkanes) is 1. The summed E-state index contributed by atoms with van der Waals surface area (Å²) in [5, 5.41) is 9.33. The van der Waals surface area contributed by atoms with Crippen LogP contribution in [-0.2, 0) is 4.79 Å². The number of aromatic nitrogens is 3. The number of rotatable bonds is 7. The van der Waals surface area contributed by atoms with E-state index in [9.17, 15) is 4.79 Å².